The highest BCUT2D eigenvalue weighted by molar-refractivity contribution is 5.80. The average molecular weight is 195 g/mol. The van der Waals surface area contributed by atoms with E-state index >= 15 is 0 Å². The second kappa shape index (κ2) is 2.81. The molecule has 0 saturated carbocycles. The van der Waals surface area contributed by atoms with Gasteiger partial charge in [-0.1, -0.05) is 0 Å². The molecule has 5 heteroatoms. The lowest BCUT2D eigenvalue weighted by Crippen LogP contribution is -2.54. The fraction of sp³-hybridized carbons (Fsp3) is 0.556. The molecule has 14 heavy (non-hydrogen) atoms. The topological polar surface area (TPSA) is 78.0 Å². The average Bonchev–Trinajstić information content (AvgIpc) is 2.51. The van der Waals surface area contributed by atoms with E-state index in [4.69, 9.17) is 5.11 Å². The molecule has 0 spiro atoms. The lowest BCUT2D eigenvalue weighted by Gasteiger charge is -2.33. The Bertz CT molecular complexity index is 374. The molecule has 0 fully saturated rings. The number of H-pyrrole nitrogens is 1. The molecule has 0 bridgehead atoms. The number of carbonyl (C=O) groups is 1. The third kappa shape index (κ3) is 1.13. The number of carboxylic acid groups (broad SMARTS) is 1. The summed E-state index contributed by atoms with van der Waals surface area (Å²) >= 11 is 0. The Hall–Kier alpha value is -1.36. The number of fused-ring (bicyclic) bond motifs is 1. The molecule has 2 rings (SSSR count). The Labute approximate surface area is 81.5 Å². The Balaban J connectivity index is 2.51. The van der Waals surface area contributed by atoms with Gasteiger partial charge in [-0.05, 0) is 13.8 Å². The van der Waals surface area contributed by atoms with Crippen molar-refractivity contribution in [3.63, 3.8) is 0 Å². The summed E-state index contributed by atoms with van der Waals surface area (Å²) in [6.45, 7) is 3.61. The fourth-order valence-electron chi connectivity index (χ4n) is 1.99. The highest BCUT2D eigenvalue weighted by atomic mass is 16.4. The number of nitrogens with zero attached hydrogens (tertiary/aromatic N) is 1. The molecule has 3 N–H and O–H groups in total. The summed E-state index contributed by atoms with van der Waals surface area (Å²) in [6, 6.07) is 0.143. The zero-order valence-electron chi connectivity index (χ0n) is 8.16. The smallest absolute Gasteiger partial charge is 0.329 e. The van der Waals surface area contributed by atoms with Crippen LogP contribution in [0.1, 0.15) is 25.2 Å². The first-order chi connectivity index (χ1) is 6.54. The molecule has 0 aromatic carbocycles. The number of imidazole rings is 1. The van der Waals surface area contributed by atoms with Crippen LogP contribution in [0.25, 0.3) is 0 Å². The van der Waals surface area contributed by atoms with Crippen molar-refractivity contribution in [1.29, 1.82) is 0 Å². The van der Waals surface area contributed by atoms with E-state index in [-0.39, 0.29) is 6.04 Å². The molecule has 0 amide bonds. The first-order valence-corrected chi connectivity index (χ1v) is 4.58. The Morgan fingerprint density at radius 3 is 3.14 bits per heavy atom. The number of aromatic nitrogens is 2. The quantitative estimate of drug-likeness (QED) is 0.600. The van der Waals surface area contributed by atoms with Crippen LogP contribution in [-0.2, 0) is 16.8 Å². The van der Waals surface area contributed by atoms with E-state index in [0.29, 0.717) is 5.69 Å². The van der Waals surface area contributed by atoms with Gasteiger partial charge in [0.2, 0.25) is 0 Å². The van der Waals surface area contributed by atoms with E-state index < -0.39 is 11.5 Å². The summed E-state index contributed by atoms with van der Waals surface area (Å²) in [7, 11) is 0. The minimum atomic E-state index is -1.06. The first-order valence-electron chi connectivity index (χ1n) is 4.58. The van der Waals surface area contributed by atoms with Gasteiger partial charge in [-0.15, -0.1) is 0 Å². The Morgan fingerprint density at radius 1 is 1.79 bits per heavy atom. The van der Waals surface area contributed by atoms with Crippen molar-refractivity contribution in [2.24, 2.45) is 0 Å². The van der Waals surface area contributed by atoms with Crippen molar-refractivity contribution in [2.45, 2.75) is 31.8 Å². The van der Waals surface area contributed by atoms with Gasteiger partial charge in [0.25, 0.3) is 0 Å². The van der Waals surface area contributed by atoms with Gasteiger partial charge >= 0.3 is 5.97 Å². The summed E-state index contributed by atoms with van der Waals surface area (Å²) in [5, 5.41) is 12.2. The van der Waals surface area contributed by atoms with Crippen LogP contribution in [0.3, 0.4) is 0 Å². The lowest BCUT2D eigenvalue weighted by molar-refractivity contribution is -0.145. The lowest BCUT2D eigenvalue weighted by atomic mass is 9.89. The maximum atomic E-state index is 11.2. The van der Waals surface area contributed by atoms with Crippen molar-refractivity contribution in [3.05, 3.63) is 17.7 Å². The standard InChI is InChI=1S/C9H13N3O2/c1-5-3-6-7(11-4-10-6)9(2,12-5)8(13)14/h4-5,12H,3H2,1-2H3,(H,10,11)(H,13,14). The van der Waals surface area contributed by atoms with Crippen molar-refractivity contribution in [3.8, 4) is 0 Å². The van der Waals surface area contributed by atoms with Crippen LogP contribution in [0.2, 0.25) is 0 Å². The van der Waals surface area contributed by atoms with Gasteiger partial charge in [0, 0.05) is 18.2 Å². The summed E-state index contributed by atoms with van der Waals surface area (Å²) in [6.07, 6.45) is 2.34. The highest BCUT2D eigenvalue weighted by Gasteiger charge is 2.43. The molecule has 0 aliphatic carbocycles. The van der Waals surface area contributed by atoms with E-state index in [0.717, 1.165) is 12.1 Å². The van der Waals surface area contributed by atoms with E-state index in [1.165, 1.54) is 0 Å². The number of aromatic amines is 1. The van der Waals surface area contributed by atoms with Crippen molar-refractivity contribution in [2.75, 3.05) is 0 Å². The third-order valence-electron chi connectivity index (χ3n) is 2.66. The Kier molecular flexibility index (Phi) is 1.85. The van der Waals surface area contributed by atoms with Crippen molar-refractivity contribution < 1.29 is 9.90 Å². The molecule has 5 nitrogen and oxygen atoms in total. The van der Waals surface area contributed by atoms with E-state index in [1.807, 2.05) is 6.92 Å². The molecular formula is C9H13N3O2. The summed E-state index contributed by atoms with van der Waals surface area (Å²) in [4.78, 5) is 18.2. The van der Waals surface area contributed by atoms with Crippen LogP contribution >= 0.6 is 0 Å². The molecule has 2 unspecified atom stereocenters. The number of nitrogens with one attached hydrogen (secondary N) is 2. The van der Waals surface area contributed by atoms with Crippen molar-refractivity contribution in [1.82, 2.24) is 15.3 Å². The molecule has 2 heterocycles. The monoisotopic (exact) mass is 195 g/mol. The highest BCUT2D eigenvalue weighted by Crippen LogP contribution is 2.27. The predicted molar refractivity (Wildman–Crippen MR) is 49.9 cm³/mol. The van der Waals surface area contributed by atoms with Gasteiger partial charge in [0.05, 0.1) is 12.0 Å². The van der Waals surface area contributed by atoms with E-state index in [1.54, 1.807) is 13.3 Å². The molecular weight excluding hydrogens is 182 g/mol. The van der Waals surface area contributed by atoms with Gasteiger partial charge in [-0.2, -0.15) is 0 Å². The molecule has 1 aliphatic rings. The minimum absolute atomic E-state index is 0.143. The van der Waals surface area contributed by atoms with E-state index in [9.17, 15) is 4.79 Å². The van der Waals surface area contributed by atoms with Crippen LogP contribution in [-0.4, -0.2) is 27.1 Å². The normalized spacial score (nSPS) is 31.1. The number of rotatable bonds is 1. The number of hydrogen-bond donors (Lipinski definition) is 3. The zero-order valence-corrected chi connectivity index (χ0v) is 8.16. The van der Waals surface area contributed by atoms with Gasteiger partial charge in [0.1, 0.15) is 0 Å². The van der Waals surface area contributed by atoms with Crippen LogP contribution in [0.15, 0.2) is 6.33 Å². The maximum absolute atomic E-state index is 11.2. The fourth-order valence-corrected chi connectivity index (χ4v) is 1.99. The maximum Gasteiger partial charge on any atom is 0.329 e. The largest absolute Gasteiger partial charge is 0.480 e. The first kappa shape index (κ1) is 9.21. The summed E-state index contributed by atoms with van der Waals surface area (Å²) < 4.78 is 0. The molecule has 1 aromatic heterocycles. The number of hydrogen-bond acceptors (Lipinski definition) is 3. The summed E-state index contributed by atoms with van der Waals surface area (Å²) in [5.74, 6) is -0.891. The summed E-state index contributed by atoms with van der Waals surface area (Å²) in [5.41, 5.74) is 0.455. The molecule has 0 saturated heterocycles. The van der Waals surface area contributed by atoms with Crippen LogP contribution in [0, 0.1) is 0 Å². The second-order valence-corrected chi connectivity index (χ2v) is 3.91. The molecule has 2 atom stereocenters. The molecule has 1 aromatic rings. The van der Waals surface area contributed by atoms with Gasteiger partial charge in [-0.3, -0.25) is 5.32 Å². The third-order valence-corrected chi connectivity index (χ3v) is 2.66. The van der Waals surface area contributed by atoms with Gasteiger partial charge in [-0.25, -0.2) is 9.78 Å². The Morgan fingerprint density at radius 2 is 2.50 bits per heavy atom. The molecule has 76 valence electrons. The predicted octanol–water partition coefficient (Wildman–Crippen LogP) is 0.244. The minimum Gasteiger partial charge on any atom is -0.480 e. The molecule has 1 aliphatic heterocycles. The zero-order chi connectivity index (χ0) is 10.3. The SMILES string of the molecule is CC1Cc2[nH]cnc2C(C)(C(=O)O)N1. The van der Waals surface area contributed by atoms with Crippen LogP contribution < -0.4 is 5.32 Å². The van der Waals surface area contributed by atoms with Crippen LogP contribution in [0.4, 0.5) is 0 Å². The number of carboxylic acids is 1. The number of aliphatic carboxylic acids is 1. The van der Waals surface area contributed by atoms with E-state index in [2.05, 4.69) is 15.3 Å². The second-order valence-electron chi connectivity index (χ2n) is 3.91. The van der Waals surface area contributed by atoms with Gasteiger partial charge in [0.15, 0.2) is 5.54 Å². The van der Waals surface area contributed by atoms with Gasteiger partial charge < -0.3 is 10.1 Å². The van der Waals surface area contributed by atoms with Crippen LogP contribution in [0.5, 0.6) is 0 Å². The van der Waals surface area contributed by atoms with Crippen molar-refractivity contribution >= 4 is 5.97 Å². The molecule has 0 radical (unpaired) electrons.